The summed E-state index contributed by atoms with van der Waals surface area (Å²) < 4.78 is 7.65. The van der Waals surface area contributed by atoms with Crippen molar-refractivity contribution in [2.75, 3.05) is 13.2 Å². The summed E-state index contributed by atoms with van der Waals surface area (Å²) in [4.78, 5) is 4.34. The minimum Gasteiger partial charge on any atom is -0.493 e. The molecule has 0 saturated heterocycles. The van der Waals surface area contributed by atoms with E-state index in [1.807, 2.05) is 6.33 Å². The highest BCUT2D eigenvalue weighted by molar-refractivity contribution is 5.39. The van der Waals surface area contributed by atoms with E-state index < -0.39 is 0 Å². The van der Waals surface area contributed by atoms with Gasteiger partial charge in [-0.15, -0.1) is 0 Å². The molecule has 0 bridgehead atoms. The number of imidazole rings is 1. The fourth-order valence-electron chi connectivity index (χ4n) is 2.46. The third-order valence-corrected chi connectivity index (χ3v) is 3.50. The van der Waals surface area contributed by atoms with Crippen molar-refractivity contribution in [3.8, 4) is 5.75 Å². The second-order valence-corrected chi connectivity index (χ2v) is 4.93. The molecule has 2 heterocycles. The van der Waals surface area contributed by atoms with Crippen molar-refractivity contribution in [2.24, 2.45) is 5.73 Å². The summed E-state index contributed by atoms with van der Waals surface area (Å²) in [6.07, 6.45) is 6.88. The van der Waals surface area contributed by atoms with Gasteiger partial charge in [-0.3, -0.25) is 0 Å². The van der Waals surface area contributed by atoms with Gasteiger partial charge in [0, 0.05) is 25.6 Å². The second-order valence-electron chi connectivity index (χ2n) is 4.93. The van der Waals surface area contributed by atoms with Gasteiger partial charge in [0.2, 0.25) is 0 Å². The topological polar surface area (TPSA) is 53.1 Å². The van der Waals surface area contributed by atoms with Crippen LogP contribution in [0.3, 0.4) is 0 Å². The van der Waals surface area contributed by atoms with Gasteiger partial charge >= 0.3 is 0 Å². The minimum absolute atomic E-state index is 0.655. The van der Waals surface area contributed by atoms with Crippen LogP contribution in [0.25, 0.3) is 0 Å². The molecule has 0 amide bonds. The molecule has 2 aromatic rings. The lowest BCUT2D eigenvalue weighted by Crippen LogP contribution is -2.03. The molecule has 3 rings (SSSR count). The van der Waals surface area contributed by atoms with E-state index >= 15 is 0 Å². The Morgan fingerprint density at radius 2 is 2.26 bits per heavy atom. The van der Waals surface area contributed by atoms with Crippen molar-refractivity contribution in [1.82, 2.24) is 9.55 Å². The monoisotopic (exact) mass is 257 g/mol. The molecule has 2 N–H and O–H groups in total. The van der Waals surface area contributed by atoms with Crippen LogP contribution in [-0.4, -0.2) is 22.7 Å². The van der Waals surface area contributed by atoms with Gasteiger partial charge in [-0.25, -0.2) is 4.98 Å². The van der Waals surface area contributed by atoms with Gasteiger partial charge in [-0.1, -0.05) is 12.1 Å². The molecule has 0 radical (unpaired) electrons. The average molecular weight is 257 g/mol. The van der Waals surface area contributed by atoms with E-state index in [1.165, 1.54) is 11.1 Å². The molecule has 4 nitrogen and oxygen atoms in total. The van der Waals surface area contributed by atoms with Crippen LogP contribution in [0.1, 0.15) is 16.8 Å². The highest BCUT2D eigenvalue weighted by Gasteiger charge is 2.11. The number of hydrogen-bond acceptors (Lipinski definition) is 3. The second kappa shape index (κ2) is 5.45. The number of fused-ring (bicyclic) bond motifs is 1. The van der Waals surface area contributed by atoms with Crippen molar-refractivity contribution >= 4 is 0 Å². The van der Waals surface area contributed by atoms with Crippen LogP contribution >= 0.6 is 0 Å². The van der Waals surface area contributed by atoms with Crippen LogP contribution in [0.4, 0.5) is 0 Å². The van der Waals surface area contributed by atoms with Crippen molar-refractivity contribution in [3.63, 3.8) is 0 Å². The fraction of sp³-hybridized carbons (Fsp3) is 0.400. The third-order valence-electron chi connectivity index (χ3n) is 3.50. The van der Waals surface area contributed by atoms with Crippen LogP contribution in [0.15, 0.2) is 30.7 Å². The number of rotatable bonds is 5. The van der Waals surface area contributed by atoms with Crippen molar-refractivity contribution in [1.29, 1.82) is 0 Å². The Balaban J connectivity index is 1.62. The molecule has 0 atom stereocenters. The maximum absolute atomic E-state index is 5.53. The molecule has 1 aromatic carbocycles. The van der Waals surface area contributed by atoms with Crippen molar-refractivity contribution < 1.29 is 4.74 Å². The Kier molecular flexibility index (Phi) is 3.51. The Morgan fingerprint density at radius 1 is 1.32 bits per heavy atom. The summed E-state index contributed by atoms with van der Waals surface area (Å²) in [5, 5.41) is 0. The first-order valence-corrected chi connectivity index (χ1v) is 6.80. The minimum atomic E-state index is 0.655. The zero-order chi connectivity index (χ0) is 13.1. The number of aryl methyl sites for hydroxylation is 2. The summed E-state index contributed by atoms with van der Waals surface area (Å²) in [5.41, 5.74) is 9.30. The predicted molar refractivity (Wildman–Crippen MR) is 74.3 cm³/mol. The van der Waals surface area contributed by atoms with Gasteiger partial charge in [-0.2, -0.15) is 0 Å². The molecule has 0 aliphatic carbocycles. The Hall–Kier alpha value is -1.81. The Labute approximate surface area is 113 Å². The summed E-state index contributed by atoms with van der Waals surface area (Å²) in [6.45, 7) is 2.43. The predicted octanol–water partition coefficient (Wildman–Crippen LogP) is 1.56. The molecule has 0 spiro atoms. The van der Waals surface area contributed by atoms with E-state index in [0.717, 1.165) is 43.9 Å². The molecule has 1 aromatic heterocycles. The highest BCUT2D eigenvalue weighted by Crippen LogP contribution is 2.26. The number of hydrogen-bond donors (Lipinski definition) is 1. The SMILES string of the molecule is NCCc1cn(CCc2ccc3c(c2)CCO3)cn1. The van der Waals surface area contributed by atoms with E-state index in [4.69, 9.17) is 10.5 Å². The molecular weight excluding hydrogens is 238 g/mol. The normalized spacial score (nSPS) is 13.3. The van der Waals surface area contributed by atoms with Crippen molar-refractivity contribution in [3.05, 3.63) is 47.5 Å². The van der Waals surface area contributed by atoms with E-state index in [9.17, 15) is 0 Å². The first kappa shape index (κ1) is 12.2. The van der Waals surface area contributed by atoms with Crippen LogP contribution in [0, 0.1) is 0 Å². The zero-order valence-electron chi connectivity index (χ0n) is 11.0. The van der Waals surface area contributed by atoms with Gasteiger partial charge in [0.25, 0.3) is 0 Å². The van der Waals surface area contributed by atoms with E-state index in [2.05, 4.69) is 33.9 Å². The van der Waals surface area contributed by atoms with Gasteiger partial charge in [0.15, 0.2) is 0 Å². The average Bonchev–Trinajstić information content (AvgIpc) is 3.04. The van der Waals surface area contributed by atoms with E-state index in [1.54, 1.807) is 0 Å². The van der Waals surface area contributed by atoms with Crippen LogP contribution < -0.4 is 10.5 Å². The quantitative estimate of drug-likeness (QED) is 0.884. The summed E-state index contributed by atoms with van der Waals surface area (Å²) in [5.74, 6) is 1.05. The van der Waals surface area contributed by atoms with Crippen LogP contribution in [-0.2, 0) is 25.8 Å². The molecule has 1 aliphatic rings. The molecule has 100 valence electrons. The van der Waals surface area contributed by atoms with Gasteiger partial charge in [-0.05, 0) is 30.2 Å². The smallest absolute Gasteiger partial charge is 0.122 e. The number of ether oxygens (including phenoxy) is 1. The molecule has 1 aliphatic heterocycles. The zero-order valence-corrected chi connectivity index (χ0v) is 11.0. The number of benzene rings is 1. The molecule has 19 heavy (non-hydrogen) atoms. The molecule has 0 unspecified atom stereocenters. The maximum atomic E-state index is 5.53. The van der Waals surface area contributed by atoms with Crippen molar-refractivity contribution in [2.45, 2.75) is 25.8 Å². The van der Waals surface area contributed by atoms with Crippen LogP contribution in [0.5, 0.6) is 5.75 Å². The number of nitrogens with zero attached hydrogens (tertiary/aromatic N) is 2. The molecule has 0 saturated carbocycles. The van der Waals surface area contributed by atoms with Gasteiger partial charge in [0.05, 0.1) is 18.6 Å². The molecule has 0 fully saturated rings. The first-order chi connectivity index (χ1) is 9.35. The lowest BCUT2D eigenvalue weighted by atomic mass is 10.1. The van der Waals surface area contributed by atoms with Gasteiger partial charge < -0.3 is 15.0 Å². The largest absolute Gasteiger partial charge is 0.493 e. The van der Waals surface area contributed by atoms with Crippen LogP contribution in [0.2, 0.25) is 0 Å². The highest BCUT2D eigenvalue weighted by atomic mass is 16.5. The standard InChI is InChI=1S/C15H19N3O/c16-6-3-14-10-18(11-17-14)7-4-12-1-2-15-13(9-12)5-8-19-15/h1-2,9-11H,3-8,16H2. The fourth-order valence-corrected chi connectivity index (χ4v) is 2.46. The molecule has 4 heteroatoms. The Bertz CT molecular complexity index is 562. The number of nitrogens with two attached hydrogens (primary N) is 1. The molecular formula is C15H19N3O. The van der Waals surface area contributed by atoms with E-state index in [0.29, 0.717) is 6.54 Å². The third kappa shape index (κ3) is 2.79. The Morgan fingerprint density at radius 3 is 3.16 bits per heavy atom. The lowest BCUT2D eigenvalue weighted by molar-refractivity contribution is 0.357. The lowest BCUT2D eigenvalue weighted by Gasteiger charge is -2.05. The van der Waals surface area contributed by atoms with E-state index in [-0.39, 0.29) is 0 Å². The first-order valence-electron chi connectivity index (χ1n) is 6.80. The number of aromatic nitrogens is 2. The summed E-state index contributed by atoms with van der Waals surface area (Å²) in [6, 6.07) is 6.51. The maximum Gasteiger partial charge on any atom is 0.122 e. The summed E-state index contributed by atoms with van der Waals surface area (Å²) >= 11 is 0. The summed E-state index contributed by atoms with van der Waals surface area (Å²) in [7, 11) is 0. The van der Waals surface area contributed by atoms with Gasteiger partial charge in [0.1, 0.15) is 5.75 Å².